The molecule has 1 aromatic carbocycles. The van der Waals surface area contributed by atoms with Gasteiger partial charge < -0.3 is 20.3 Å². The van der Waals surface area contributed by atoms with Crippen LogP contribution in [0.15, 0.2) is 29.3 Å². The lowest BCUT2D eigenvalue weighted by Gasteiger charge is -2.26. The number of ether oxygens (including phenoxy) is 1. The number of sulfone groups is 1. The van der Waals surface area contributed by atoms with Crippen LogP contribution in [0.5, 0.6) is 5.75 Å². The first-order valence-electron chi connectivity index (χ1n) is 10.4. The molecule has 30 heavy (non-hydrogen) atoms. The zero-order chi connectivity index (χ0) is 20.7. The highest BCUT2D eigenvalue weighted by molar-refractivity contribution is 14.0. The number of benzene rings is 1. The molecule has 2 fully saturated rings. The topological polar surface area (TPSA) is 86.3 Å². The summed E-state index contributed by atoms with van der Waals surface area (Å²) in [6.45, 7) is 7.38. The summed E-state index contributed by atoms with van der Waals surface area (Å²) < 4.78 is 28.6. The number of aliphatic imine (C=N–C) groups is 1. The van der Waals surface area contributed by atoms with Crippen LogP contribution in [-0.2, 0) is 9.84 Å². The first kappa shape index (κ1) is 25.0. The van der Waals surface area contributed by atoms with Gasteiger partial charge in [0.1, 0.15) is 5.75 Å². The van der Waals surface area contributed by atoms with Crippen LogP contribution in [0.4, 0.5) is 5.69 Å². The molecule has 0 bridgehead atoms. The summed E-state index contributed by atoms with van der Waals surface area (Å²) in [6.07, 6.45) is 1.03. The Morgan fingerprint density at radius 2 is 1.97 bits per heavy atom. The van der Waals surface area contributed by atoms with Gasteiger partial charge in [0.25, 0.3) is 0 Å². The van der Waals surface area contributed by atoms with Gasteiger partial charge in [-0.15, -0.1) is 24.0 Å². The van der Waals surface area contributed by atoms with Gasteiger partial charge in [0.05, 0.1) is 30.8 Å². The minimum Gasteiger partial charge on any atom is -0.495 e. The summed E-state index contributed by atoms with van der Waals surface area (Å²) in [4.78, 5) is 9.21. The van der Waals surface area contributed by atoms with E-state index in [2.05, 4.69) is 33.4 Å². The number of hydrogen-bond acceptors (Lipinski definition) is 6. The van der Waals surface area contributed by atoms with E-state index in [9.17, 15) is 8.42 Å². The maximum absolute atomic E-state index is 11.5. The predicted octanol–water partition coefficient (Wildman–Crippen LogP) is 1.18. The largest absolute Gasteiger partial charge is 0.495 e. The number of halogens is 1. The van der Waals surface area contributed by atoms with Crippen molar-refractivity contribution in [2.24, 2.45) is 4.99 Å². The van der Waals surface area contributed by atoms with Crippen LogP contribution in [0.25, 0.3) is 0 Å². The summed E-state index contributed by atoms with van der Waals surface area (Å²) in [5.74, 6) is 2.24. The fourth-order valence-corrected chi connectivity index (χ4v) is 5.06. The van der Waals surface area contributed by atoms with E-state index in [1.165, 1.54) is 0 Å². The number of para-hydroxylation sites is 2. The van der Waals surface area contributed by atoms with Crippen molar-refractivity contribution in [1.82, 2.24) is 15.5 Å². The van der Waals surface area contributed by atoms with Crippen molar-refractivity contribution in [2.45, 2.75) is 19.4 Å². The Balaban J connectivity index is 0.00000320. The van der Waals surface area contributed by atoms with Crippen molar-refractivity contribution in [3.05, 3.63) is 24.3 Å². The van der Waals surface area contributed by atoms with E-state index < -0.39 is 9.84 Å². The lowest BCUT2D eigenvalue weighted by molar-refractivity contribution is 0.304. The van der Waals surface area contributed by atoms with Crippen LogP contribution in [0.1, 0.15) is 13.3 Å². The van der Waals surface area contributed by atoms with Crippen LogP contribution in [0, 0.1) is 0 Å². The van der Waals surface area contributed by atoms with Crippen molar-refractivity contribution in [2.75, 3.05) is 69.3 Å². The second-order valence-electron chi connectivity index (χ2n) is 7.50. The first-order valence-corrected chi connectivity index (χ1v) is 12.2. The summed E-state index contributed by atoms with van der Waals surface area (Å²) >= 11 is 0. The molecule has 0 aliphatic carbocycles. The number of hydrogen-bond donors (Lipinski definition) is 2. The predicted molar refractivity (Wildman–Crippen MR) is 133 cm³/mol. The minimum absolute atomic E-state index is 0. The van der Waals surface area contributed by atoms with E-state index in [1.807, 2.05) is 18.2 Å². The number of rotatable bonds is 7. The van der Waals surface area contributed by atoms with Crippen LogP contribution < -0.4 is 20.3 Å². The van der Waals surface area contributed by atoms with Crippen molar-refractivity contribution in [3.63, 3.8) is 0 Å². The van der Waals surface area contributed by atoms with Crippen molar-refractivity contribution < 1.29 is 13.2 Å². The molecule has 2 saturated heterocycles. The normalized spacial score (nSPS) is 21.7. The number of anilines is 1. The molecule has 10 heteroatoms. The zero-order valence-corrected chi connectivity index (χ0v) is 21.0. The molecule has 170 valence electrons. The van der Waals surface area contributed by atoms with Crippen molar-refractivity contribution >= 4 is 45.5 Å². The third kappa shape index (κ3) is 7.16. The van der Waals surface area contributed by atoms with Gasteiger partial charge in [-0.1, -0.05) is 12.1 Å². The molecule has 1 atom stereocenters. The maximum atomic E-state index is 11.5. The monoisotopic (exact) mass is 551 g/mol. The van der Waals surface area contributed by atoms with Gasteiger partial charge in [0.2, 0.25) is 0 Å². The van der Waals surface area contributed by atoms with Gasteiger partial charge in [0.15, 0.2) is 15.8 Å². The van der Waals surface area contributed by atoms with E-state index in [4.69, 9.17) is 9.73 Å². The van der Waals surface area contributed by atoms with Gasteiger partial charge in [-0.25, -0.2) is 8.42 Å². The molecule has 0 saturated carbocycles. The van der Waals surface area contributed by atoms with Gasteiger partial charge in [-0.2, -0.15) is 0 Å². The Bertz CT molecular complexity index is 791. The molecular weight excluding hydrogens is 517 g/mol. The zero-order valence-electron chi connectivity index (χ0n) is 17.8. The van der Waals surface area contributed by atoms with Crippen LogP contribution in [0.3, 0.4) is 0 Å². The van der Waals surface area contributed by atoms with Gasteiger partial charge in [-0.3, -0.25) is 9.89 Å². The Labute approximate surface area is 197 Å². The average molecular weight is 551 g/mol. The Kier molecular flexibility index (Phi) is 9.95. The van der Waals surface area contributed by atoms with E-state index in [1.54, 1.807) is 7.11 Å². The van der Waals surface area contributed by atoms with Crippen LogP contribution in [-0.4, -0.2) is 89.7 Å². The number of methoxy groups -OCH3 is 1. The molecule has 2 aliphatic rings. The summed E-state index contributed by atoms with van der Waals surface area (Å²) in [6, 6.07) is 8.43. The molecule has 2 N–H and O–H groups in total. The quantitative estimate of drug-likeness (QED) is 0.299. The highest BCUT2D eigenvalue weighted by Gasteiger charge is 2.25. The summed E-state index contributed by atoms with van der Waals surface area (Å²) in [5, 5.41) is 6.87. The van der Waals surface area contributed by atoms with Crippen LogP contribution >= 0.6 is 24.0 Å². The molecule has 2 heterocycles. The molecule has 3 rings (SSSR count). The molecule has 0 radical (unpaired) electrons. The highest BCUT2D eigenvalue weighted by Crippen LogP contribution is 2.30. The summed E-state index contributed by atoms with van der Waals surface area (Å²) in [5.41, 5.74) is 1.13. The molecule has 1 aromatic rings. The highest BCUT2D eigenvalue weighted by atomic mass is 127. The lowest BCUT2D eigenvalue weighted by atomic mass is 10.2. The lowest BCUT2D eigenvalue weighted by Crippen LogP contribution is -2.45. The second-order valence-corrected chi connectivity index (χ2v) is 9.81. The van der Waals surface area contributed by atoms with E-state index in [0.29, 0.717) is 25.7 Å². The minimum atomic E-state index is -2.83. The fourth-order valence-electron chi connectivity index (χ4n) is 3.78. The van der Waals surface area contributed by atoms with Crippen LogP contribution in [0.2, 0.25) is 0 Å². The molecule has 8 nitrogen and oxygen atoms in total. The van der Waals surface area contributed by atoms with Gasteiger partial charge in [0, 0.05) is 45.3 Å². The smallest absolute Gasteiger partial charge is 0.191 e. The standard InChI is InChI=1S/C20H33N5O3S.HI/c1-3-21-20(22-9-11-24-12-14-29(26,27)15-13-24)23-17-8-10-25(16-17)18-6-4-5-7-19(18)28-2;/h4-7,17H,3,8-16H2,1-2H3,(H2,21,22,23);1H. The molecule has 2 aliphatic heterocycles. The number of nitrogens with one attached hydrogen (secondary N) is 2. The molecule has 1 unspecified atom stereocenters. The average Bonchev–Trinajstić information content (AvgIpc) is 3.17. The van der Waals surface area contributed by atoms with Crippen molar-refractivity contribution in [3.8, 4) is 5.75 Å². The summed E-state index contributed by atoms with van der Waals surface area (Å²) in [7, 11) is -1.12. The Morgan fingerprint density at radius 3 is 2.67 bits per heavy atom. The SMILES string of the molecule is CCNC(=NCCN1CCS(=O)(=O)CC1)NC1CCN(c2ccccc2OC)C1.I. The first-order chi connectivity index (χ1) is 14.0. The molecule has 0 aromatic heterocycles. The number of guanidine groups is 1. The van der Waals surface area contributed by atoms with E-state index >= 15 is 0 Å². The second kappa shape index (κ2) is 11.9. The fraction of sp³-hybridized carbons (Fsp3) is 0.650. The number of nitrogens with zero attached hydrogens (tertiary/aromatic N) is 3. The van der Waals surface area contributed by atoms with E-state index in [0.717, 1.165) is 50.0 Å². The van der Waals surface area contributed by atoms with E-state index in [-0.39, 0.29) is 35.5 Å². The molecule has 0 spiro atoms. The van der Waals surface area contributed by atoms with Gasteiger partial charge in [-0.05, 0) is 25.5 Å². The Morgan fingerprint density at radius 1 is 1.23 bits per heavy atom. The third-order valence-electron chi connectivity index (χ3n) is 5.42. The Hall–Kier alpha value is -1.27. The third-order valence-corrected chi connectivity index (χ3v) is 7.03. The van der Waals surface area contributed by atoms with Gasteiger partial charge >= 0.3 is 0 Å². The molecule has 0 amide bonds. The van der Waals surface area contributed by atoms with Crippen molar-refractivity contribution in [1.29, 1.82) is 0 Å². The molecular formula is C20H34IN5O3S. The maximum Gasteiger partial charge on any atom is 0.191 e.